The average Bonchev–Trinajstić information content (AvgIpc) is 2.44. The van der Waals surface area contributed by atoms with Crippen LogP contribution in [0.5, 0.6) is 11.5 Å². The van der Waals surface area contributed by atoms with Gasteiger partial charge in [-0.05, 0) is 60.8 Å². The van der Waals surface area contributed by atoms with Crippen molar-refractivity contribution in [1.29, 1.82) is 0 Å². The molecule has 0 fully saturated rings. The van der Waals surface area contributed by atoms with Gasteiger partial charge in [-0.15, -0.1) is 0 Å². The van der Waals surface area contributed by atoms with Crippen LogP contribution >= 0.6 is 11.6 Å². The Kier molecular flexibility index (Phi) is 5.66. The van der Waals surface area contributed by atoms with Crippen molar-refractivity contribution in [2.75, 3.05) is 6.54 Å². The molecule has 2 aromatic rings. The second kappa shape index (κ2) is 7.48. The molecular weight excluding hydrogens is 282 g/mol. The van der Waals surface area contributed by atoms with Crippen molar-refractivity contribution < 1.29 is 4.74 Å². The van der Waals surface area contributed by atoms with Crippen molar-refractivity contribution in [3.63, 3.8) is 0 Å². The third-order valence-corrected chi connectivity index (χ3v) is 3.59. The Morgan fingerprint density at radius 2 is 1.71 bits per heavy atom. The fourth-order valence-corrected chi connectivity index (χ4v) is 2.11. The Morgan fingerprint density at radius 1 is 1.05 bits per heavy atom. The standard InChI is InChI=1S/C18H22ClNO/c1-13(2)11-20-12-15-4-6-16(7-5-15)21-17-8-9-18(19)14(3)10-17/h4-10,13,20H,11-12H2,1-3H3. The summed E-state index contributed by atoms with van der Waals surface area (Å²) >= 11 is 6.01. The maximum absolute atomic E-state index is 6.01. The van der Waals surface area contributed by atoms with Gasteiger partial charge in [0, 0.05) is 11.6 Å². The highest BCUT2D eigenvalue weighted by molar-refractivity contribution is 6.31. The van der Waals surface area contributed by atoms with Gasteiger partial charge in [-0.25, -0.2) is 0 Å². The van der Waals surface area contributed by atoms with Gasteiger partial charge in [0.1, 0.15) is 11.5 Å². The summed E-state index contributed by atoms with van der Waals surface area (Å²) in [6.07, 6.45) is 0. The molecule has 0 aliphatic heterocycles. The molecule has 21 heavy (non-hydrogen) atoms. The van der Waals surface area contributed by atoms with Crippen LogP contribution in [0.25, 0.3) is 0 Å². The van der Waals surface area contributed by atoms with Gasteiger partial charge in [-0.2, -0.15) is 0 Å². The van der Waals surface area contributed by atoms with Gasteiger partial charge in [-0.1, -0.05) is 37.6 Å². The third-order valence-electron chi connectivity index (χ3n) is 3.17. The van der Waals surface area contributed by atoms with E-state index in [0.717, 1.165) is 35.2 Å². The molecule has 0 bridgehead atoms. The fraction of sp³-hybridized carbons (Fsp3) is 0.333. The van der Waals surface area contributed by atoms with Gasteiger partial charge in [0.25, 0.3) is 0 Å². The lowest BCUT2D eigenvalue weighted by Gasteiger charge is -2.10. The molecule has 0 atom stereocenters. The molecule has 0 spiro atoms. The lowest BCUT2D eigenvalue weighted by Crippen LogP contribution is -2.18. The van der Waals surface area contributed by atoms with Crippen molar-refractivity contribution in [3.8, 4) is 11.5 Å². The first-order chi connectivity index (χ1) is 10.0. The van der Waals surface area contributed by atoms with Crippen molar-refractivity contribution in [1.82, 2.24) is 5.32 Å². The fourth-order valence-electron chi connectivity index (χ4n) is 2.00. The number of ether oxygens (including phenoxy) is 1. The molecule has 0 saturated heterocycles. The van der Waals surface area contributed by atoms with Crippen LogP contribution in [0, 0.1) is 12.8 Å². The highest BCUT2D eigenvalue weighted by Gasteiger charge is 2.01. The summed E-state index contributed by atoms with van der Waals surface area (Å²) in [7, 11) is 0. The lowest BCUT2D eigenvalue weighted by atomic mass is 10.2. The zero-order valence-corrected chi connectivity index (χ0v) is 13.6. The molecule has 0 aliphatic rings. The van der Waals surface area contributed by atoms with E-state index in [1.54, 1.807) is 0 Å². The number of aryl methyl sites for hydroxylation is 1. The Morgan fingerprint density at radius 3 is 2.33 bits per heavy atom. The number of benzene rings is 2. The van der Waals surface area contributed by atoms with Crippen molar-refractivity contribution in [2.24, 2.45) is 5.92 Å². The molecule has 0 radical (unpaired) electrons. The second-order valence-corrected chi connectivity index (χ2v) is 6.09. The summed E-state index contributed by atoms with van der Waals surface area (Å²) in [5, 5.41) is 4.19. The molecule has 2 nitrogen and oxygen atoms in total. The summed E-state index contributed by atoms with van der Waals surface area (Å²) in [5.41, 5.74) is 2.28. The molecule has 3 heteroatoms. The van der Waals surface area contributed by atoms with Gasteiger partial charge in [0.2, 0.25) is 0 Å². The van der Waals surface area contributed by atoms with E-state index in [-0.39, 0.29) is 0 Å². The first kappa shape index (κ1) is 15.9. The smallest absolute Gasteiger partial charge is 0.127 e. The molecule has 0 heterocycles. The molecule has 112 valence electrons. The maximum Gasteiger partial charge on any atom is 0.127 e. The Balaban J connectivity index is 1.94. The summed E-state index contributed by atoms with van der Waals surface area (Å²) < 4.78 is 5.83. The monoisotopic (exact) mass is 303 g/mol. The Labute approximate surface area is 132 Å². The minimum atomic E-state index is 0.667. The van der Waals surface area contributed by atoms with Gasteiger partial charge in [0.15, 0.2) is 0 Å². The van der Waals surface area contributed by atoms with E-state index >= 15 is 0 Å². The van der Waals surface area contributed by atoms with Crippen LogP contribution in [-0.2, 0) is 6.54 Å². The molecular formula is C18H22ClNO. The third kappa shape index (κ3) is 5.07. The van der Waals surface area contributed by atoms with Crippen LogP contribution in [0.4, 0.5) is 0 Å². The number of hydrogen-bond acceptors (Lipinski definition) is 2. The van der Waals surface area contributed by atoms with Crippen molar-refractivity contribution >= 4 is 11.6 Å². The van der Waals surface area contributed by atoms with E-state index in [0.29, 0.717) is 5.92 Å². The van der Waals surface area contributed by atoms with Crippen LogP contribution in [-0.4, -0.2) is 6.54 Å². The summed E-state index contributed by atoms with van der Waals surface area (Å²) in [4.78, 5) is 0. The van der Waals surface area contributed by atoms with Crippen molar-refractivity contribution in [3.05, 3.63) is 58.6 Å². The van der Waals surface area contributed by atoms with E-state index in [1.807, 2.05) is 37.3 Å². The van der Waals surface area contributed by atoms with E-state index < -0.39 is 0 Å². The van der Waals surface area contributed by atoms with Crippen molar-refractivity contribution in [2.45, 2.75) is 27.3 Å². The highest BCUT2D eigenvalue weighted by Crippen LogP contribution is 2.26. The number of hydrogen-bond donors (Lipinski definition) is 1. The van der Waals surface area contributed by atoms with Gasteiger partial charge in [-0.3, -0.25) is 0 Å². The van der Waals surface area contributed by atoms with E-state index in [2.05, 4.69) is 31.3 Å². The largest absolute Gasteiger partial charge is 0.457 e. The van der Waals surface area contributed by atoms with Crippen LogP contribution < -0.4 is 10.1 Å². The maximum atomic E-state index is 6.01. The van der Waals surface area contributed by atoms with Gasteiger partial charge < -0.3 is 10.1 Å². The predicted molar refractivity (Wildman–Crippen MR) is 89.2 cm³/mol. The molecule has 1 N–H and O–H groups in total. The molecule has 0 aliphatic carbocycles. The van der Waals surface area contributed by atoms with Crippen LogP contribution in [0.3, 0.4) is 0 Å². The quantitative estimate of drug-likeness (QED) is 0.793. The van der Waals surface area contributed by atoms with Crippen LogP contribution in [0.2, 0.25) is 5.02 Å². The van der Waals surface area contributed by atoms with Gasteiger partial charge >= 0.3 is 0 Å². The summed E-state index contributed by atoms with van der Waals surface area (Å²) in [6, 6.07) is 13.9. The number of rotatable bonds is 6. The second-order valence-electron chi connectivity index (χ2n) is 5.68. The van der Waals surface area contributed by atoms with E-state index in [4.69, 9.17) is 16.3 Å². The lowest BCUT2D eigenvalue weighted by molar-refractivity contribution is 0.481. The average molecular weight is 304 g/mol. The first-order valence-electron chi connectivity index (χ1n) is 7.28. The van der Waals surface area contributed by atoms with E-state index in [9.17, 15) is 0 Å². The number of nitrogens with one attached hydrogen (secondary N) is 1. The molecule has 0 aromatic heterocycles. The van der Waals surface area contributed by atoms with Gasteiger partial charge in [0.05, 0.1) is 0 Å². The molecule has 0 unspecified atom stereocenters. The number of halogens is 1. The minimum Gasteiger partial charge on any atom is -0.457 e. The minimum absolute atomic E-state index is 0.667. The Bertz CT molecular complexity index is 578. The topological polar surface area (TPSA) is 21.3 Å². The van der Waals surface area contributed by atoms with E-state index in [1.165, 1.54) is 5.56 Å². The highest BCUT2D eigenvalue weighted by atomic mass is 35.5. The predicted octanol–water partition coefficient (Wildman–Crippen LogP) is 5.19. The van der Waals surface area contributed by atoms with Crippen LogP contribution in [0.1, 0.15) is 25.0 Å². The van der Waals surface area contributed by atoms with Crippen LogP contribution in [0.15, 0.2) is 42.5 Å². The molecule has 0 saturated carbocycles. The normalized spacial score (nSPS) is 10.9. The SMILES string of the molecule is Cc1cc(Oc2ccc(CNCC(C)C)cc2)ccc1Cl. The zero-order valence-electron chi connectivity index (χ0n) is 12.8. The first-order valence-corrected chi connectivity index (χ1v) is 7.66. The summed E-state index contributed by atoms with van der Waals surface area (Å²) in [5.74, 6) is 2.31. The molecule has 2 rings (SSSR count). The molecule has 2 aromatic carbocycles. The Hall–Kier alpha value is -1.51. The zero-order chi connectivity index (χ0) is 15.2. The molecule has 0 amide bonds. The summed E-state index contributed by atoms with van der Waals surface area (Å²) in [6.45, 7) is 8.30.